The van der Waals surface area contributed by atoms with Crippen molar-refractivity contribution in [2.75, 3.05) is 6.54 Å². The van der Waals surface area contributed by atoms with Gasteiger partial charge in [-0.3, -0.25) is 0 Å². The van der Waals surface area contributed by atoms with Crippen molar-refractivity contribution in [3.63, 3.8) is 0 Å². The molecule has 6 heteroatoms. The second kappa shape index (κ2) is 6.24. The molecular weight excluding hydrogens is 310 g/mol. The van der Waals surface area contributed by atoms with Gasteiger partial charge in [0.2, 0.25) is 10.0 Å². The Morgan fingerprint density at radius 1 is 1.33 bits per heavy atom. The Morgan fingerprint density at radius 2 is 2.00 bits per heavy atom. The van der Waals surface area contributed by atoms with Crippen LogP contribution in [0.2, 0.25) is 5.02 Å². The molecule has 0 aliphatic carbocycles. The highest BCUT2D eigenvalue weighted by molar-refractivity contribution is 7.89. The van der Waals surface area contributed by atoms with E-state index in [4.69, 9.17) is 16.7 Å². The summed E-state index contributed by atoms with van der Waals surface area (Å²) in [5, 5.41) is 9.41. The molecule has 2 rings (SSSR count). The van der Waals surface area contributed by atoms with Crippen molar-refractivity contribution < 1.29 is 13.5 Å². The van der Waals surface area contributed by atoms with E-state index in [0.717, 1.165) is 6.42 Å². The summed E-state index contributed by atoms with van der Waals surface area (Å²) in [6.45, 7) is 6.45. The number of aliphatic hydroxyl groups excluding tert-OH is 1. The molecule has 118 valence electrons. The largest absolute Gasteiger partial charge is 0.392 e. The molecule has 0 amide bonds. The average molecular weight is 332 g/mol. The van der Waals surface area contributed by atoms with Gasteiger partial charge >= 0.3 is 0 Å². The molecule has 1 fully saturated rings. The first kappa shape index (κ1) is 16.7. The minimum absolute atomic E-state index is 0.0255. The minimum Gasteiger partial charge on any atom is -0.392 e. The van der Waals surface area contributed by atoms with Crippen LogP contribution in [0.15, 0.2) is 23.1 Å². The highest BCUT2D eigenvalue weighted by Gasteiger charge is 2.37. The Balaban J connectivity index is 2.39. The summed E-state index contributed by atoms with van der Waals surface area (Å²) in [6, 6.07) is 4.49. The lowest BCUT2D eigenvalue weighted by atomic mass is 9.88. The van der Waals surface area contributed by atoms with Crippen molar-refractivity contribution >= 4 is 21.6 Å². The van der Waals surface area contributed by atoms with Crippen molar-refractivity contribution in [1.82, 2.24) is 4.31 Å². The number of piperidine rings is 1. The van der Waals surface area contributed by atoms with E-state index < -0.39 is 10.0 Å². The van der Waals surface area contributed by atoms with Gasteiger partial charge in [-0.25, -0.2) is 8.42 Å². The smallest absolute Gasteiger partial charge is 0.243 e. The lowest BCUT2D eigenvalue weighted by Gasteiger charge is -2.40. The molecule has 1 heterocycles. The molecule has 0 spiro atoms. The first-order valence-corrected chi connectivity index (χ1v) is 9.00. The normalized spacial score (nSPS) is 27.8. The number of aliphatic hydroxyl groups is 1. The maximum Gasteiger partial charge on any atom is 0.243 e. The van der Waals surface area contributed by atoms with Gasteiger partial charge in [0, 0.05) is 17.6 Å². The van der Waals surface area contributed by atoms with Crippen LogP contribution in [0.1, 0.15) is 32.8 Å². The molecule has 1 N–H and O–H groups in total. The fourth-order valence-electron chi connectivity index (χ4n) is 2.93. The lowest BCUT2D eigenvalue weighted by Crippen LogP contribution is -2.48. The standard InChI is InChI=1S/C15H22ClNO3S/c1-10-6-11(2)12(3)17(8-10)21(19,20)14-5-4-13(9-18)15(16)7-14/h4-5,7,10-12,18H,6,8-9H2,1-3H3. The van der Waals surface area contributed by atoms with Gasteiger partial charge in [0.05, 0.1) is 11.5 Å². The molecule has 4 nitrogen and oxygen atoms in total. The van der Waals surface area contributed by atoms with Gasteiger partial charge in [-0.1, -0.05) is 31.5 Å². The Labute approximate surface area is 131 Å². The molecule has 0 radical (unpaired) electrons. The fraction of sp³-hybridized carbons (Fsp3) is 0.600. The van der Waals surface area contributed by atoms with Crippen molar-refractivity contribution in [2.24, 2.45) is 11.8 Å². The molecule has 3 unspecified atom stereocenters. The summed E-state index contributed by atoms with van der Waals surface area (Å²) in [5.74, 6) is 0.675. The molecular formula is C15H22ClNO3S. The zero-order valence-corrected chi connectivity index (χ0v) is 14.2. The van der Waals surface area contributed by atoms with Crippen molar-refractivity contribution in [2.45, 2.75) is 44.7 Å². The Bertz CT molecular complexity index is 617. The summed E-state index contributed by atoms with van der Waals surface area (Å²) < 4.78 is 27.3. The second-order valence-corrected chi connectivity index (χ2v) is 8.34. The highest BCUT2D eigenvalue weighted by Crippen LogP contribution is 2.32. The van der Waals surface area contributed by atoms with Gasteiger partial charge < -0.3 is 5.11 Å². The monoisotopic (exact) mass is 331 g/mol. The lowest BCUT2D eigenvalue weighted by molar-refractivity contribution is 0.157. The first-order chi connectivity index (χ1) is 9.77. The van der Waals surface area contributed by atoms with E-state index in [0.29, 0.717) is 23.9 Å². The molecule has 0 aromatic heterocycles. The zero-order chi connectivity index (χ0) is 15.8. The number of halogens is 1. The maximum atomic E-state index is 12.8. The van der Waals surface area contributed by atoms with E-state index in [1.54, 1.807) is 10.4 Å². The summed E-state index contributed by atoms with van der Waals surface area (Å²) in [4.78, 5) is 0.192. The minimum atomic E-state index is -3.56. The third kappa shape index (κ3) is 3.26. The van der Waals surface area contributed by atoms with Crippen LogP contribution in [-0.2, 0) is 16.6 Å². The highest BCUT2D eigenvalue weighted by atomic mass is 35.5. The molecule has 21 heavy (non-hydrogen) atoms. The quantitative estimate of drug-likeness (QED) is 0.926. The van der Waals surface area contributed by atoms with Crippen molar-refractivity contribution in [3.8, 4) is 0 Å². The summed E-state index contributed by atoms with van der Waals surface area (Å²) in [5.41, 5.74) is 0.532. The van der Waals surface area contributed by atoms with Crippen LogP contribution in [0.25, 0.3) is 0 Å². The summed E-state index contributed by atoms with van der Waals surface area (Å²) in [6.07, 6.45) is 1.04. The van der Waals surface area contributed by atoms with E-state index in [1.165, 1.54) is 12.1 Å². The SMILES string of the molecule is CC1CC(C)C(C)N(S(=O)(=O)c2ccc(CO)c(Cl)c2)C1. The number of nitrogens with zero attached hydrogens (tertiary/aromatic N) is 1. The van der Waals surface area contributed by atoms with Gasteiger partial charge in [-0.15, -0.1) is 0 Å². The third-order valence-corrected chi connectivity index (χ3v) is 6.65. The van der Waals surface area contributed by atoms with Crippen LogP contribution in [0, 0.1) is 11.8 Å². The molecule has 1 aliphatic heterocycles. The van der Waals surface area contributed by atoms with Gasteiger partial charge in [0.1, 0.15) is 0 Å². The number of hydrogen-bond donors (Lipinski definition) is 1. The van der Waals surface area contributed by atoms with Crippen LogP contribution >= 0.6 is 11.6 Å². The van der Waals surface area contributed by atoms with Crippen molar-refractivity contribution in [3.05, 3.63) is 28.8 Å². The van der Waals surface area contributed by atoms with Crippen LogP contribution < -0.4 is 0 Å². The Hall–Kier alpha value is -0.620. The second-order valence-electron chi connectivity index (χ2n) is 6.04. The predicted octanol–water partition coefficient (Wildman–Crippen LogP) is 2.89. The van der Waals surface area contributed by atoms with E-state index in [2.05, 4.69) is 13.8 Å². The third-order valence-electron chi connectivity index (χ3n) is 4.35. The molecule has 1 aliphatic rings. The Morgan fingerprint density at radius 3 is 2.57 bits per heavy atom. The van der Waals surface area contributed by atoms with Gasteiger partial charge in [-0.05, 0) is 42.9 Å². The molecule has 0 saturated carbocycles. The van der Waals surface area contributed by atoms with E-state index in [9.17, 15) is 8.42 Å². The molecule has 1 aromatic carbocycles. The molecule has 0 bridgehead atoms. The average Bonchev–Trinajstić information content (AvgIpc) is 2.42. The molecule has 1 aromatic rings. The van der Waals surface area contributed by atoms with Crippen LogP contribution in [0.5, 0.6) is 0 Å². The van der Waals surface area contributed by atoms with E-state index in [1.807, 2.05) is 6.92 Å². The van der Waals surface area contributed by atoms with Crippen LogP contribution in [0.3, 0.4) is 0 Å². The van der Waals surface area contributed by atoms with Gasteiger partial charge in [-0.2, -0.15) is 4.31 Å². The van der Waals surface area contributed by atoms with Crippen LogP contribution in [0.4, 0.5) is 0 Å². The fourth-order valence-corrected chi connectivity index (χ4v) is 5.11. The number of rotatable bonds is 3. The zero-order valence-electron chi connectivity index (χ0n) is 12.6. The topological polar surface area (TPSA) is 57.6 Å². The van der Waals surface area contributed by atoms with Gasteiger partial charge in [0.15, 0.2) is 0 Å². The summed E-state index contributed by atoms with van der Waals surface area (Å²) >= 11 is 6.03. The van der Waals surface area contributed by atoms with Crippen LogP contribution in [-0.4, -0.2) is 30.4 Å². The number of hydrogen-bond acceptors (Lipinski definition) is 3. The van der Waals surface area contributed by atoms with E-state index >= 15 is 0 Å². The predicted molar refractivity (Wildman–Crippen MR) is 83.7 cm³/mol. The van der Waals surface area contributed by atoms with Gasteiger partial charge in [0.25, 0.3) is 0 Å². The van der Waals surface area contributed by atoms with E-state index in [-0.39, 0.29) is 22.6 Å². The maximum absolute atomic E-state index is 12.8. The van der Waals surface area contributed by atoms with Crippen molar-refractivity contribution in [1.29, 1.82) is 0 Å². The Kier molecular flexibility index (Phi) is 4.98. The first-order valence-electron chi connectivity index (χ1n) is 7.18. The number of sulfonamides is 1. The summed E-state index contributed by atoms with van der Waals surface area (Å²) in [7, 11) is -3.56. The number of benzene rings is 1. The molecule has 1 saturated heterocycles. The molecule has 3 atom stereocenters.